The summed E-state index contributed by atoms with van der Waals surface area (Å²) in [4.78, 5) is 0. The number of aliphatic hydroxyl groups excluding tert-OH is 1. The van der Waals surface area contributed by atoms with Gasteiger partial charge in [-0.25, -0.2) is 0 Å². The van der Waals surface area contributed by atoms with Crippen molar-refractivity contribution in [2.45, 2.75) is 20.8 Å². The smallest absolute Gasteiger partial charge is 0.397 e. The largest absolute Gasteiger partial charge is 0.762 e. The molecule has 0 heterocycles. The van der Waals surface area contributed by atoms with Gasteiger partial charge in [-0.05, 0) is 20.8 Å². The van der Waals surface area contributed by atoms with E-state index < -0.39 is 7.54 Å². The fourth-order valence-electron chi connectivity index (χ4n) is 0.204. The van der Waals surface area contributed by atoms with Gasteiger partial charge in [0.15, 0.2) is 0 Å². The number of aliphatic hydroxyl groups is 1. The third kappa shape index (κ3) is 239. The molecule has 0 aromatic heterocycles. The van der Waals surface area contributed by atoms with Crippen molar-refractivity contribution in [2.24, 2.45) is 0 Å². The van der Waals surface area contributed by atoms with Crippen molar-refractivity contribution in [2.75, 3.05) is 19.8 Å². The molecule has 0 saturated heterocycles. The first-order valence-corrected chi connectivity index (χ1v) is 3.67. The zero-order chi connectivity index (χ0) is 10.4. The van der Waals surface area contributed by atoms with Gasteiger partial charge in [-0.3, -0.25) is 12.9 Å². The fraction of sp³-hybridized carbons (Fsp3) is 1.00. The van der Waals surface area contributed by atoms with Crippen LogP contribution in [0.5, 0.6) is 0 Å². The van der Waals surface area contributed by atoms with Crippen LogP contribution in [0.15, 0.2) is 0 Å². The summed E-state index contributed by atoms with van der Waals surface area (Å²) >= 11 is 0. The minimum Gasteiger partial charge on any atom is -0.397 e. The summed E-state index contributed by atoms with van der Waals surface area (Å²) in [6.45, 7) is 7.60. The maximum atomic E-state index is 9.67. The predicted octanol–water partition coefficient (Wildman–Crippen LogP) is 1.92. The van der Waals surface area contributed by atoms with Crippen molar-refractivity contribution in [1.82, 2.24) is 0 Å². The number of halogens is 3. The molecule has 76 valence electrons. The van der Waals surface area contributed by atoms with Crippen LogP contribution in [0.2, 0.25) is 0 Å². The summed E-state index contributed by atoms with van der Waals surface area (Å²) in [5, 5.41) is 7.57. The maximum Gasteiger partial charge on any atom is 0.762 e. The van der Waals surface area contributed by atoms with Gasteiger partial charge >= 0.3 is 7.54 Å². The topological polar surface area (TPSA) is 29.5 Å². The molecule has 0 aromatic carbocycles. The fourth-order valence-corrected chi connectivity index (χ4v) is 0.204. The second kappa shape index (κ2) is 22.4. The molecule has 0 radical (unpaired) electrons. The first-order chi connectivity index (χ1) is 5.56. The van der Waals surface area contributed by atoms with E-state index in [4.69, 9.17) is 9.84 Å². The monoisotopic (exact) mass is 188 g/mol. The van der Waals surface area contributed by atoms with Gasteiger partial charge < -0.3 is 9.84 Å². The molecule has 0 fully saturated rings. The standard InChI is InChI=1S/C4H10O.C2H6O.BF3/c1-3-5-4-2;1-2-3;2-1(3)4/h3-4H2,1-2H3;3H,2H2,1H3;. The van der Waals surface area contributed by atoms with E-state index in [2.05, 4.69) is 0 Å². The maximum absolute atomic E-state index is 9.67. The molecule has 0 atom stereocenters. The van der Waals surface area contributed by atoms with Gasteiger partial charge in [0.2, 0.25) is 0 Å². The van der Waals surface area contributed by atoms with E-state index >= 15 is 0 Å². The molecule has 0 unspecified atom stereocenters. The van der Waals surface area contributed by atoms with Crippen LogP contribution in [0.1, 0.15) is 20.8 Å². The molecular weight excluding hydrogens is 172 g/mol. The number of hydrogen-bond donors (Lipinski definition) is 1. The number of ether oxygens (including phenoxy) is 1. The van der Waals surface area contributed by atoms with E-state index in [1.807, 2.05) is 13.8 Å². The van der Waals surface area contributed by atoms with E-state index in [9.17, 15) is 12.9 Å². The van der Waals surface area contributed by atoms with Crippen LogP contribution in [0, 0.1) is 0 Å². The van der Waals surface area contributed by atoms with E-state index in [0.717, 1.165) is 13.2 Å². The molecule has 0 aliphatic rings. The molecular formula is C6H16BF3O2. The Morgan fingerprint density at radius 1 is 1.08 bits per heavy atom. The van der Waals surface area contributed by atoms with Crippen molar-refractivity contribution in [3.05, 3.63) is 0 Å². The summed E-state index contributed by atoms with van der Waals surface area (Å²) in [6.07, 6.45) is 0. The molecule has 2 nitrogen and oxygen atoms in total. The SMILES string of the molecule is CCO.CCOCC.FB(F)F. The summed E-state index contributed by atoms with van der Waals surface area (Å²) in [5.41, 5.74) is 0. The Kier molecular flexibility index (Phi) is 33.2. The van der Waals surface area contributed by atoms with Crippen LogP contribution in [0.4, 0.5) is 12.9 Å². The number of rotatable bonds is 2. The van der Waals surface area contributed by atoms with Crippen molar-refractivity contribution in [3.8, 4) is 0 Å². The van der Waals surface area contributed by atoms with Gasteiger partial charge in [-0.1, -0.05) is 0 Å². The Morgan fingerprint density at radius 3 is 1.25 bits per heavy atom. The Hall–Kier alpha value is -0.225. The van der Waals surface area contributed by atoms with Gasteiger partial charge in [0.1, 0.15) is 0 Å². The molecule has 0 spiro atoms. The molecule has 6 heteroatoms. The Labute approximate surface area is 72.0 Å². The molecule has 0 aliphatic heterocycles. The molecule has 0 amide bonds. The van der Waals surface area contributed by atoms with Crippen molar-refractivity contribution in [3.63, 3.8) is 0 Å². The van der Waals surface area contributed by atoms with Crippen LogP contribution in [-0.4, -0.2) is 32.5 Å². The highest BCUT2D eigenvalue weighted by Crippen LogP contribution is 1.80. The lowest BCUT2D eigenvalue weighted by molar-refractivity contribution is 0.162. The van der Waals surface area contributed by atoms with Crippen LogP contribution in [0.25, 0.3) is 0 Å². The van der Waals surface area contributed by atoms with Gasteiger partial charge in [-0.2, -0.15) is 0 Å². The van der Waals surface area contributed by atoms with Gasteiger partial charge in [-0.15, -0.1) is 0 Å². The highest BCUT2D eigenvalue weighted by Gasteiger charge is 2.06. The quantitative estimate of drug-likeness (QED) is 0.670. The lowest BCUT2D eigenvalue weighted by Crippen LogP contribution is -1.84. The molecule has 0 saturated carbocycles. The van der Waals surface area contributed by atoms with Gasteiger partial charge in [0.25, 0.3) is 0 Å². The summed E-state index contributed by atoms with van der Waals surface area (Å²) in [5.74, 6) is 0. The molecule has 0 rings (SSSR count). The van der Waals surface area contributed by atoms with E-state index in [0.29, 0.717) is 0 Å². The number of hydrogen-bond acceptors (Lipinski definition) is 2. The molecule has 0 aliphatic carbocycles. The third-order valence-electron chi connectivity index (χ3n) is 0.408. The van der Waals surface area contributed by atoms with E-state index in [1.54, 1.807) is 6.92 Å². The zero-order valence-electron chi connectivity index (χ0n) is 7.69. The van der Waals surface area contributed by atoms with Crippen LogP contribution in [-0.2, 0) is 4.74 Å². The molecule has 0 bridgehead atoms. The van der Waals surface area contributed by atoms with Crippen molar-refractivity contribution >= 4 is 7.54 Å². The molecule has 1 N–H and O–H groups in total. The lowest BCUT2D eigenvalue weighted by atomic mass is 10.5. The molecule has 0 aromatic rings. The minimum atomic E-state index is -3.67. The highest BCUT2D eigenvalue weighted by molar-refractivity contribution is 6.33. The first kappa shape index (κ1) is 17.8. The van der Waals surface area contributed by atoms with E-state index in [-0.39, 0.29) is 6.61 Å². The minimum absolute atomic E-state index is 0.250. The second-order valence-corrected chi connectivity index (χ2v) is 1.35. The first-order valence-electron chi connectivity index (χ1n) is 3.67. The Bertz CT molecular complexity index is 53.3. The van der Waals surface area contributed by atoms with Gasteiger partial charge in [0, 0.05) is 19.8 Å². The van der Waals surface area contributed by atoms with Crippen molar-refractivity contribution in [1.29, 1.82) is 0 Å². The second-order valence-electron chi connectivity index (χ2n) is 1.35. The molecule has 12 heavy (non-hydrogen) atoms. The Balaban J connectivity index is -0.000000105. The van der Waals surface area contributed by atoms with Gasteiger partial charge in [0.05, 0.1) is 0 Å². The average molecular weight is 188 g/mol. The van der Waals surface area contributed by atoms with Crippen LogP contribution >= 0.6 is 0 Å². The van der Waals surface area contributed by atoms with E-state index in [1.165, 1.54) is 0 Å². The Morgan fingerprint density at radius 2 is 1.25 bits per heavy atom. The lowest BCUT2D eigenvalue weighted by Gasteiger charge is -1.86. The average Bonchev–Trinajstić information content (AvgIpc) is 1.89. The summed E-state index contributed by atoms with van der Waals surface area (Å²) in [7, 11) is -3.67. The highest BCUT2D eigenvalue weighted by atomic mass is 19.4. The summed E-state index contributed by atoms with van der Waals surface area (Å²) in [6, 6.07) is 0. The normalized spacial score (nSPS) is 7.25. The van der Waals surface area contributed by atoms with Crippen molar-refractivity contribution < 1.29 is 22.8 Å². The third-order valence-corrected chi connectivity index (χ3v) is 0.408. The van der Waals surface area contributed by atoms with Crippen LogP contribution in [0.3, 0.4) is 0 Å². The van der Waals surface area contributed by atoms with Crippen LogP contribution < -0.4 is 0 Å². The zero-order valence-corrected chi connectivity index (χ0v) is 7.69. The predicted molar refractivity (Wildman–Crippen MR) is 44.0 cm³/mol. The summed E-state index contributed by atoms with van der Waals surface area (Å²) < 4.78 is 33.8.